The van der Waals surface area contributed by atoms with E-state index in [0.717, 1.165) is 30.2 Å². The molecule has 0 bridgehead atoms. The lowest BCUT2D eigenvalue weighted by Crippen LogP contribution is -2.02. The smallest absolute Gasteiger partial charge is 0.0330 e. The van der Waals surface area contributed by atoms with Gasteiger partial charge in [-0.2, -0.15) is 0 Å². The van der Waals surface area contributed by atoms with Crippen LogP contribution in [0.4, 0.5) is 0 Å². The summed E-state index contributed by atoms with van der Waals surface area (Å²) in [4.78, 5) is 4.02. The minimum absolute atomic E-state index is 0.718. The Morgan fingerprint density at radius 1 is 1.50 bits per heavy atom. The van der Waals surface area contributed by atoms with Gasteiger partial charge in [0.2, 0.25) is 0 Å². The molecule has 0 fully saturated rings. The first-order chi connectivity index (χ1) is 5.56. The summed E-state index contributed by atoms with van der Waals surface area (Å²) in [6.45, 7) is 6.37. The highest BCUT2D eigenvalue weighted by Gasteiger charge is 1.95. The monoisotopic (exact) mass is 168 g/mol. The molecule has 0 saturated heterocycles. The van der Waals surface area contributed by atoms with Crippen LogP contribution >= 0.6 is 0 Å². The van der Waals surface area contributed by atoms with Crippen molar-refractivity contribution >= 4 is 5.71 Å². The molecule has 2 N–H and O–H groups in total. The molecule has 0 aromatic rings. The van der Waals surface area contributed by atoms with Crippen LogP contribution in [0.1, 0.15) is 33.6 Å². The normalized spacial score (nSPS) is 14.1. The summed E-state index contributed by atoms with van der Waals surface area (Å²) in [5, 5.41) is 0. The van der Waals surface area contributed by atoms with Crippen LogP contribution in [0.3, 0.4) is 0 Å². The van der Waals surface area contributed by atoms with E-state index in [0.29, 0.717) is 0 Å². The summed E-state index contributed by atoms with van der Waals surface area (Å²) in [6, 6.07) is 0. The molecule has 2 nitrogen and oxygen atoms in total. The van der Waals surface area contributed by atoms with Crippen LogP contribution < -0.4 is 5.73 Å². The molecular formula is C10H20N2. The Balaban J connectivity index is 3.86. The number of hydrogen-bond donors (Lipinski definition) is 1. The van der Waals surface area contributed by atoms with E-state index in [4.69, 9.17) is 5.73 Å². The van der Waals surface area contributed by atoms with E-state index < -0.39 is 0 Å². The summed E-state index contributed by atoms with van der Waals surface area (Å²) in [7, 11) is 1.78. The predicted molar refractivity (Wildman–Crippen MR) is 55.4 cm³/mol. The van der Waals surface area contributed by atoms with Crippen molar-refractivity contribution in [3.63, 3.8) is 0 Å². The minimum atomic E-state index is 0.718. The SMILES string of the molecule is CN=C(C)C=C(N)CCC(C)C. The van der Waals surface area contributed by atoms with Crippen molar-refractivity contribution in [2.45, 2.75) is 33.6 Å². The maximum absolute atomic E-state index is 5.78. The van der Waals surface area contributed by atoms with Gasteiger partial charge >= 0.3 is 0 Å². The van der Waals surface area contributed by atoms with Gasteiger partial charge in [0.25, 0.3) is 0 Å². The Morgan fingerprint density at radius 3 is 2.50 bits per heavy atom. The highest BCUT2D eigenvalue weighted by molar-refractivity contribution is 5.93. The Hall–Kier alpha value is -0.790. The van der Waals surface area contributed by atoms with Gasteiger partial charge in [-0.3, -0.25) is 4.99 Å². The van der Waals surface area contributed by atoms with Gasteiger partial charge in [0.15, 0.2) is 0 Å². The number of aliphatic imine (C=N–C) groups is 1. The fourth-order valence-electron chi connectivity index (χ4n) is 0.860. The molecule has 70 valence electrons. The zero-order valence-corrected chi connectivity index (χ0v) is 8.59. The zero-order chi connectivity index (χ0) is 9.56. The van der Waals surface area contributed by atoms with Gasteiger partial charge in [-0.25, -0.2) is 0 Å². The average Bonchev–Trinajstić information content (AvgIpc) is 2.00. The summed E-state index contributed by atoms with van der Waals surface area (Å²) >= 11 is 0. The molecule has 0 atom stereocenters. The molecule has 0 aromatic carbocycles. The maximum atomic E-state index is 5.78. The molecule has 0 aliphatic heterocycles. The van der Waals surface area contributed by atoms with Gasteiger partial charge in [0.05, 0.1) is 0 Å². The van der Waals surface area contributed by atoms with Crippen LogP contribution in [-0.2, 0) is 0 Å². The van der Waals surface area contributed by atoms with Gasteiger partial charge in [-0.05, 0) is 31.8 Å². The third kappa shape index (κ3) is 5.96. The average molecular weight is 168 g/mol. The largest absolute Gasteiger partial charge is 0.402 e. The zero-order valence-electron chi connectivity index (χ0n) is 8.59. The fourth-order valence-corrected chi connectivity index (χ4v) is 0.860. The van der Waals surface area contributed by atoms with Gasteiger partial charge in [0.1, 0.15) is 0 Å². The molecule has 0 heterocycles. The lowest BCUT2D eigenvalue weighted by Gasteiger charge is -2.04. The Bertz CT molecular complexity index is 178. The van der Waals surface area contributed by atoms with Crippen LogP contribution in [0.2, 0.25) is 0 Å². The Morgan fingerprint density at radius 2 is 2.08 bits per heavy atom. The van der Waals surface area contributed by atoms with Crippen molar-refractivity contribution in [3.8, 4) is 0 Å². The lowest BCUT2D eigenvalue weighted by molar-refractivity contribution is 0.583. The maximum Gasteiger partial charge on any atom is 0.0330 e. The van der Waals surface area contributed by atoms with Gasteiger partial charge in [0, 0.05) is 18.5 Å². The summed E-state index contributed by atoms with van der Waals surface area (Å²) < 4.78 is 0. The van der Waals surface area contributed by atoms with E-state index in [9.17, 15) is 0 Å². The molecule has 0 amide bonds. The molecule has 0 spiro atoms. The molecule has 0 aromatic heterocycles. The van der Waals surface area contributed by atoms with E-state index in [1.807, 2.05) is 13.0 Å². The second-order valence-corrected chi connectivity index (χ2v) is 3.52. The second kappa shape index (κ2) is 5.81. The van der Waals surface area contributed by atoms with Crippen molar-refractivity contribution in [2.24, 2.45) is 16.6 Å². The molecule has 2 heteroatoms. The van der Waals surface area contributed by atoms with E-state index in [2.05, 4.69) is 18.8 Å². The fraction of sp³-hybridized carbons (Fsp3) is 0.700. The highest BCUT2D eigenvalue weighted by Crippen LogP contribution is 2.07. The first kappa shape index (κ1) is 11.2. The number of nitrogens with zero attached hydrogens (tertiary/aromatic N) is 1. The van der Waals surface area contributed by atoms with Crippen molar-refractivity contribution in [1.82, 2.24) is 0 Å². The quantitative estimate of drug-likeness (QED) is 0.643. The summed E-state index contributed by atoms with van der Waals surface area (Å²) in [5.41, 5.74) is 7.71. The van der Waals surface area contributed by atoms with Crippen molar-refractivity contribution in [3.05, 3.63) is 11.8 Å². The van der Waals surface area contributed by atoms with Gasteiger partial charge < -0.3 is 5.73 Å². The first-order valence-electron chi connectivity index (χ1n) is 4.45. The predicted octanol–water partition coefficient (Wildman–Crippen LogP) is 2.36. The van der Waals surface area contributed by atoms with Gasteiger partial charge in [-0.15, -0.1) is 0 Å². The number of hydrogen-bond acceptors (Lipinski definition) is 2. The molecule has 0 rings (SSSR count). The van der Waals surface area contributed by atoms with Crippen LogP contribution in [0.25, 0.3) is 0 Å². The molecule has 0 aliphatic carbocycles. The van der Waals surface area contributed by atoms with E-state index >= 15 is 0 Å². The van der Waals surface area contributed by atoms with Crippen molar-refractivity contribution in [2.75, 3.05) is 7.05 Å². The lowest BCUT2D eigenvalue weighted by atomic mass is 10.1. The molecular weight excluding hydrogens is 148 g/mol. The van der Waals surface area contributed by atoms with Crippen LogP contribution in [0, 0.1) is 5.92 Å². The van der Waals surface area contributed by atoms with E-state index in [1.165, 1.54) is 0 Å². The number of allylic oxidation sites excluding steroid dienone is 2. The topological polar surface area (TPSA) is 38.4 Å². The molecule has 0 radical (unpaired) electrons. The van der Waals surface area contributed by atoms with E-state index in [1.54, 1.807) is 7.05 Å². The minimum Gasteiger partial charge on any atom is -0.402 e. The standard InChI is InChI=1S/C10H20N2/c1-8(2)5-6-10(11)7-9(3)12-4/h7-8H,5-6,11H2,1-4H3. The molecule has 0 unspecified atom stereocenters. The van der Waals surface area contributed by atoms with E-state index in [-0.39, 0.29) is 0 Å². The third-order valence-corrected chi connectivity index (χ3v) is 1.76. The molecule has 0 saturated carbocycles. The third-order valence-electron chi connectivity index (χ3n) is 1.76. The molecule has 0 aliphatic rings. The van der Waals surface area contributed by atoms with Crippen molar-refractivity contribution < 1.29 is 0 Å². The number of rotatable bonds is 4. The second-order valence-electron chi connectivity index (χ2n) is 3.52. The summed E-state index contributed by atoms with van der Waals surface area (Å²) in [5.74, 6) is 0.718. The Labute approximate surface area is 75.6 Å². The van der Waals surface area contributed by atoms with Crippen molar-refractivity contribution in [1.29, 1.82) is 0 Å². The van der Waals surface area contributed by atoms with Gasteiger partial charge in [-0.1, -0.05) is 13.8 Å². The van der Waals surface area contributed by atoms with Crippen LogP contribution in [-0.4, -0.2) is 12.8 Å². The summed E-state index contributed by atoms with van der Waals surface area (Å²) in [6.07, 6.45) is 4.08. The first-order valence-corrected chi connectivity index (χ1v) is 4.45. The number of nitrogens with two attached hydrogens (primary N) is 1. The highest BCUT2D eigenvalue weighted by atomic mass is 14.7. The van der Waals surface area contributed by atoms with Crippen LogP contribution in [0.15, 0.2) is 16.8 Å². The van der Waals surface area contributed by atoms with Crippen LogP contribution in [0.5, 0.6) is 0 Å². The molecule has 12 heavy (non-hydrogen) atoms. The Kier molecular flexibility index (Phi) is 5.43.